The van der Waals surface area contributed by atoms with E-state index in [0.717, 1.165) is 0 Å². The van der Waals surface area contributed by atoms with Crippen LogP contribution in [0, 0.1) is 5.82 Å². The third-order valence-corrected chi connectivity index (χ3v) is 3.99. The van der Waals surface area contributed by atoms with Crippen molar-refractivity contribution in [3.8, 4) is 11.5 Å². The number of hydrogen-bond acceptors (Lipinski definition) is 5. The Kier molecular flexibility index (Phi) is 5.46. The van der Waals surface area contributed by atoms with Crippen LogP contribution in [0.25, 0.3) is 6.08 Å². The molecule has 2 aromatic carbocycles. The van der Waals surface area contributed by atoms with Crippen molar-refractivity contribution in [1.82, 2.24) is 10.6 Å². The zero-order valence-corrected chi connectivity index (χ0v) is 15.1. The number of carbonyl (C=O) groups is 2. The van der Waals surface area contributed by atoms with Crippen LogP contribution in [-0.2, 0) is 16.2 Å². The van der Waals surface area contributed by atoms with Crippen LogP contribution in [0.2, 0.25) is 0 Å². The molecule has 2 aromatic rings. The minimum absolute atomic E-state index is 0.00169. The molecule has 27 heavy (non-hydrogen) atoms. The first-order chi connectivity index (χ1) is 13.0. The molecule has 0 saturated carbocycles. The largest absolute Gasteiger partial charge is 0.493 e. The Hall–Kier alpha value is -3.26. The van der Waals surface area contributed by atoms with E-state index in [4.69, 9.17) is 21.7 Å². The van der Waals surface area contributed by atoms with E-state index in [-0.39, 0.29) is 23.1 Å². The maximum Gasteiger partial charge on any atom is 0.263 e. The predicted octanol–water partition coefficient (Wildman–Crippen LogP) is 2.33. The van der Waals surface area contributed by atoms with Crippen LogP contribution < -0.4 is 20.1 Å². The number of hydrogen-bond donors (Lipinski definition) is 2. The molecule has 1 aliphatic heterocycles. The molecule has 0 bridgehead atoms. The van der Waals surface area contributed by atoms with Crippen LogP contribution in [0.1, 0.15) is 11.1 Å². The zero-order valence-electron chi connectivity index (χ0n) is 14.2. The standard InChI is InChI=1S/C19H15FN2O4S/c1-25-15-7-6-11(8-13-17(23)21-19(27)22-18(13)24)9-16(15)26-10-12-4-2-3-5-14(12)20/h2-9H,10H2,1H3,(H2,21,22,23,24,27). The van der Waals surface area contributed by atoms with Gasteiger partial charge in [0.05, 0.1) is 7.11 Å². The number of carbonyl (C=O) groups excluding carboxylic acids is 2. The van der Waals surface area contributed by atoms with E-state index >= 15 is 0 Å². The monoisotopic (exact) mass is 386 g/mol. The Bertz CT molecular complexity index is 936. The molecule has 1 aliphatic rings. The lowest BCUT2D eigenvalue weighted by atomic mass is 10.1. The molecule has 0 unspecified atom stereocenters. The van der Waals surface area contributed by atoms with Crippen molar-refractivity contribution in [2.24, 2.45) is 0 Å². The minimum Gasteiger partial charge on any atom is -0.493 e. The number of benzene rings is 2. The number of methoxy groups -OCH3 is 1. The van der Waals surface area contributed by atoms with Crippen LogP contribution in [0.5, 0.6) is 11.5 Å². The summed E-state index contributed by atoms with van der Waals surface area (Å²) in [5, 5.41) is 4.69. The van der Waals surface area contributed by atoms with Crippen LogP contribution in [0.4, 0.5) is 4.39 Å². The average Bonchev–Trinajstić information content (AvgIpc) is 2.64. The molecule has 0 atom stereocenters. The van der Waals surface area contributed by atoms with E-state index in [2.05, 4.69) is 10.6 Å². The summed E-state index contributed by atoms with van der Waals surface area (Å²) in [4.78, 5) is 23.9. The van der Waals surface area contributed by atoms with Gasteiger partial charge in [0.15, 0.2) is 16.6 Å². The van der Waals surface area contributed by atoms with Crippen molar-refractivity contribution < 1.29 is 23.5 Å². The van der Waals surface area contributed by atoms with E-state index in [1.807, 2.05) is 0 Å². The molecule has 1 saturated heterocycles. The van der Waals surface area contributed by atoms with Crippen molar-refractivity contribution in [2.75, 3.05) is 7.11 Å². The van der Waals surface area contributed by atoms with Crippen LogP contribution in [-0.4, -0.2) is 24.0 Å². The van der Waals surface area contributed by atoms with Gasteiger partial charge in [-0.25, -0.2) is 4.39 Å². The second kappa shape index (κ2) is 7.96. The van der Waals surface area contributed by atoms with Gasteiger partial charge in [-0.3, -0.25) is 20.2 Å². The van der Waals surface area contributed by atoms with E-state index in [1.165, 1.54) is 19.3 Å². The number of nitrogens with one attached hydrogen (secondary N) is 2. The lowest BCUT2D eigenvalue weighted by Crippen LogP contribution is -2.51. The molecule has 1 fully saturated rings. The van der Waals surface area contributed by atoms with Gasteiger partial charge in [0.2, 0.25) is 0 Å². The molecule has 6 nitrogen and oxygen atoms in total. The summed E-state index contributed by atoms with van der Waals surface area (Å²) in [5.41, 5.74) is 0.837. The van der Waals surface area contributed by atoms with Crippen molar-refractivity contribution >= 4 is 35.2 Å². The van der Waals surface area contributed by atoms with E-state index in [1.54, 1.807) is 36.4 Å². The normalized spacial score (nSPS) is 13.7. The zero-order chi connectivity index (χ0) is 19.4. The number of thiocarbonyl (C=S) groups is 1. The van der Waals surface area contributed by atoms with Crippen molar-refractivity contribution in [1.29, 1.82) is 0 Å². The SMILES string of the molecule is COc1ccc(C=C2C(=O)NC(=S)NC2=O)cc1OCc1ccccc1F. The first-order valence-corrected chi connectivity index (χ1v) is 8.31. The summed E-state index contributed by atoms with van der Waals surface area (Å²) in [6.07, 6.45) is 1.40. The highest BCUT2D eigenvalue weighted by Crippen LogP contribution is 2.30. The summed E-state index contributed by atoms with van der Waals surface area (Å²) >= 11 is 4.76. The molecule has 3 rings (SSSR count). The van der Waals surface area contributed by atoms with E-state index in [0.29, 0.717) is 22.6 Å². The van der Waals surface area contributed by atoms with Gasteiger partial charge in [0.1, 0.15) is 18.0 Å². The summed E-state index contributed by atoms with van der Waals surface area (Å²) < 4.78 is 24.7. The van der Waals surface area contributed by atoms with Gasteiger partial charge < -0.3 is 9.47 Å². The molecule has 138 valence electrons. The highest BCUT2D eigenvalue weighted by Gasteiger charge is 2.25. The third kappa shape index (κ3) is 4.29. The maximum atomic E-state index is 13.8. The molecule has 0 radical (unpaired) electrons. The fourth-order valence-corrected chi connectivity index (χ4v) is 2.63. The fraction of sp³-hybridized carbons (Fsp3) is 0.105. The van der Waals surface area contributed by atoms with Crippen LogP contribution >= 0.6 is 12.2 Å². The number of amides is 2. The Balaban J connectivity index is 1.86. The predicted molar refractivity (Wildman–Crippen MR) is 101 cm³/mol. The Morgan fingerprint density at radius 1 is 1.07 bits per heavy atom. The van der Waals surface area contributed by atoms with Gasteiger partial charge >= 0.3 is 0 Å². The summed E-state index contributed by atoms with van der Waals surface area (Å²) in [6, 6.07) is 11.2. The van der Waals surface area contributed by atoms with Gasteiger partial charge in [-0.05, 0) is 42.1 Å². The molecule has 0 aromatic heterocycles. The molecule has 0 aliphatic carbocycles. The molecule has 2 N–H and O–H groups in total. The second-order valence-corrected chi connectivity index (χ2v) is 5.99. The molecule has 1 heterocycles. The number of rotatable bonds is 5. The molecular weight excluding hydrogens is 371 g/mol. The topological polar surface area (TPSA) is 76.7 Å². The third-order valence-electron chi connectivity index (χ3n) is 3.78. The van der Waals surface area contributed by atoms with Gasteiger partial charge in [-0.1, -0.05) is 24.3 Å². The number of halogens is 1. The van der Waals surface area contributed by atoms with Gasteiger partial charge in [0.25, 0.3) is 11.8 Å². The van der Waals surface area contributed by atoms with E-state index < -0.39 is 11.8 Å². The van der Waals surface area contributed by atoms with Crippen molar-refractivity contribution in [3.63, 3.8) is 0 Å². The molecule has 0 spiro atoms. The summed E-state index contributed by atoms with van der Waals surface area (Å²) in [5.74, 6) is -0.766. The van der Waals surface area contributed by atoms with Gasteiger partial charge in [-0.15, -0.1) is 0 Å². The Morgan fingerprint density at radius 3 is 2.44 bits per heavy atom. The smallest absolute Gasteiger partial charge is 0.263 e. The molecule has 8 heteroatoms. The first kappa shape index (κ1) is 18.5. The fourth-order valence-electron chi connectivity index (χ4n) is 2.44. The quantitative estimate of drug-likeness (QED) is 0.469. The summed E-state index contributed by atoms with van der Waals surface area (Å²) in [6.45, 7) is -0.00169. The first-order valence-electron chi connectivity index (χ1n) is 7.90. The lowest BCUT2D eigenvalue weighted by Gasteiger charge is -2.16. The van der Waals surface area contributed by atoms with Crippen molar-refractivity contribution in [3.05, 3.63) is 65.0 Å². The lowest BCUT2D eigenvalue weighted by molar-refractivity contribution is -0.123. The van der Waals surface area contributed by atoms with Crippen molar-refractivity contribution in [2.45, 2.75) is 6.61 Å². The maximum absolute atomic E-state index is 13.8. The van der Waals surface area contributed by atoms with Gasteiger partial charge in [-0.2, -0.15) is 0 Å². The molecular formula is C19H15FN2O4S. The van der Waals surface area contributed by atoms with Gasteiger partial charge in [0, 0.05) is 5.56 Å². The minimum atomic E-state index is -0.589. The average molecular weight is 386 g/mol. The highest BCUT2D eigenvalue weighted by molar-refractivity contribution is 7.80. The Labute approximate surface area is 160 Å². The summed E-state index contributed by atoms with van der Waals surface area (Å²) in [7, 11) is 1.48. The van der Waals surface area contributed by atoms with Crippen LogP contribution in [0.15, 0.2) is 48.0 Å². The van der Waals surface area contributed by atoms with E-state index in [9.17, 15) is 14.0 Å². The second-order valence-electron chi connectivity index (χ2n) is 5.59. The molecule has 2 amide bonds. The number of ether oxygens (including phenoxy) is 2. The van der Waals surface area contributed by atoms with Crippen LogP contribution in [0.3, 0.4) is 0 Å². The Morgan fingerprint density at radius 2 is 1.78 bits per heavy atom. The highest BCUT2D eigenvalue weighted by atomic mass is 32.1.